The maximum absolute atomic E-state index is 5.92. The number of aromatic amines is 1. The summed E-state index contributed by atoms with van der Waals surface area (Å²) in [6.07, 6.45) is 3.48. The zero-order chi connectivity index (χ0) is 14.4. The van der Waals surface area contributed by atoms with Crippen LogP contribution in [0, 0.1) is 3.70 Å². The number of para-hydroxylation sites is 1. The molecule has 3 heterocycles. The van der Waals surface area contributed by atoms with Crippen LogP contribution in [0.5, 0.6) is 0 Å². The molecule has 7 heteroatoms. The minimum Gasteiger partial charge on any atom is -0.383 e. The van der Waals surface area contributed by atoms with Crippen molar-refractivity contribution >= 4 is 50.3 Å². The van der Waals surface area contributed by atoms with Crippen LogP contribution in [-0.2, 0) is 6.54 Å². The van der Waals surface area contributed by atoms with Crippen molar-refractivity contribution in [2.45, 2.75) is 6.54 Å². The third-order valence-corrected chi connectivity index (χ3v) is 4.27. The summed E-state index contributed by atoms with van der Waals surface area (Å²) in [5, 5.41) is 6.55. The third-order valence-electron chi connectivity index (χ3n) is 3.51. The van der Waals surface area contributed by atoms with Crippen molar-refractivity contribution in [1.29, 1.82) is 0 Å². The molecule has 4 rings (SSSR count). The van der Waals surface area contributed by atoms with Gasteiger partial charge in [-0.2, -0.15) is 5.10 Å². The lowest BCUT2D eigenvalue weighted by Gasteiger charge is -2.02. The van der Waals surface area contributed by atoms with Gasteiger partial charge in [0.05, 0.1) is 11.9 Å². The summed E-state index contributed by atoms with van der Waals surface area (Å²) in [4.78, 5) is 11.6. The normalized spacial score (nSPS) is 11.5. The fourth-order valence-electron chi connectivity index (χ4n) is 2.52. The minimum absolute atomic E-state index is 0.467. The number of halogens is 1. The smallest absolute Gasteiger partial charge is 0.164 e. The van der Waals surface area contributed by atoms with Crippen LogP contribution in [-0.4, -0.2) is 24.7 Å². The van der Waals surface area contributed by atoms with Crippen LogP contribution in [0.2, 0.25) is 0 Å². The molecule has 0 aliphatic carbocycles. The summed E-state index contributed by atoms with van der Waals surface area (Å²) in [5.41, 5.74) is 8.97. The van der Waals surface area contributed by atoms with Gasteiger partial charge < -0.3 is 10.7 Å². The molecule has 3 aromatic heterocycles. The zero-order valence-corrected chi connectivity index (χ0v) is 13.1. The Morgan fingerprint density at radius 3 is 3.00 bits per heavy atom. The zero-order valence-electron chi connectivity index (χ0n) is 10.9. The van der Waals surface area contributed by atoms with Gasteiger partial charge in [-0.1, -0.05) is 18.2 Å². The molecule has 0 fully saturated rings. The Kier molecular flexibility index (Phi) is 2.81. The quantitative estimate of drug-likeness (QED) is 0.516. The van der Waals surface area contributed by atoms with Crippen LogP contribution in [0.1, 0.15) is 5.56 Å². The molecule has 0 saturated carbocycles. The van der Waals surface area contributed by atoms with E-state index in [1.54, 1.807) is 0 Å². The monoisotopic (exact) mass is 390 g/mol. The van der Waals surface area contributed by atoms with E-state index in [1.807, 2.05) is 23.0 Å². The van der Waals surface area contributed by atoms with E-state index in [2.05, 4.69) is 54.8 Å². The van der Waals surface area contributed by atoms with Crippen LogP contribution in [0.3, 0.4) is 0 Å². The van der Waals surface area contributed by atoms with E-state index >= 15 is 0 Å². The minimum atomic E-state index is 0.467. The molecule has 6 nitrogen and oxygen atoms in total. The van der Waals surface area contributed by atoms with Gasteiger partial charge in [0.15, 0.2) is 5.65 Å². The number of nitrogen functional groups attached to an aromatic ring is 1. The summed E-state index contributed by atoms with van der Waals surface area (Å²) >= 11 is 2.16. The molecule has 0 radical (unpaired) electrons. The molecule has 0 aliphatic heterocycles. The lowest BCUT2D eigenvalue weighted by Crippen LogP contribution is -2.03. The standard InChI is InChI=1S/C14H11IN6/c15-12-11-13(16)18-7-19-14(11)21(20-12)6-8-5-17-10-4-2-1-3-9(8)10/h1-5,7,17H,6H2,(H2,16,18,19). The molecule has 0 aliphatic rings. The lowest BCUT2D eigenvalue weighted by atomic mass is 10.2. The van der Waals surface area contributed by atoms with Crippen molar-refractivity contribution in [2.24, 2.45) is 0 Å². The van der Waals surface area contributed by atoms with Crippen LogP contribution in [0.25, 0.3) is 21.9 Å². The number of nitrogens with zero attached hydrogens (tertiary/aromatic N) is 4. The van der Waals surface area contributed by atoms with Gasteiger partial charge >= 0.3 is 0 Å². The van der Waals surface area contributed by atoms with Gasteiger partial charge in [-0.15, -0.1) is 0 Å². The SMILES string of the molecule is Nc1ncnc2c1c(I)nn2Cc1c[nH]c2ccccc12. The molecular weight excluding hydrogens is 379 g/mol. The molecule has 104 valence electrons. The van der Waals surface area contributed by atoms with Gasteiger partial charge in [0.25, 0.3) is 0 Å². The number of H-pyrrole nitrogens is 1. The number of rotatable bonds is 2. The average Bonchev–Trinajstić information content (AvgIpc) is 3.03. The van der Waals surface area contributed by atoms with Gasteiger partial charge in [-0.05, 0) is 34.2 Å². The molecule has 0 spiro atoms. The van der Waals surface area contributed by atoms with E-state index in [0.29, 0.717) is 12.4 Å². The van der Waals surface area contributed by atoms with Gasteiger partial charge in [0.2, 0.25) is 0 Å². The number of nitrogens with one attached hydrogen (secondary N) is 1. The molecule has 4 aromatic rings. The fourth-order valence-corrected chi connectivity index (χ4v) is 3.30. The number of benzene rings is 1. The van der Waals surface area contributed by atoms with Crippen molar-refractivity contribution in [1.82, 2.24) is 24.7 Å². The molecule has 1 aromatic carbocycles. The highest BCUT2D eigenvalue weighted by molar-refractivity contribution is 14.1. The van der Waals surface area contributed by atoms with E-state index in [0.717, 1.165) is 20.3 Å². The van der Waals surface area contributed by atoms with Crippen molar-refractivity contribution in [3.63, 3.8) is 0 Å². The van der Waals surface area contributed by atoms with E-state index in [-0.39, 0.29) is 0 Å². The highest BCUT2D eigenvalue weighted by atomic mass is 127. The second-order valence-electron chi connectivity index (χ2n) is 4.77. The molecule has 0 atom stereocenters. The maximum Gasteiger partial charge on any atom is 0.164 e. The highest BCUT2D eigenvalue weighted by Crippen LogP contribution is 2.25. The van der Waals surface area contributed by atoms with Crippen molar-refractivity contribution in [2.75, 3.05) is 5.73 Å². The first kappa shape index (κ1) is 12.6. The maximum atomic E-state index is 5.92. The fraction of sp³-hybridized carbons (Fsp3) is 0.0714. The summed E-state index contributed by atoms with van der Waals surface area (Å²) < 4.78 is 2.69. The van der Waals surface area contributed by atoms with Gasteiger partial charge in [-0.25, -0.2) is 14.6 Å². The molecule has 0 amide bonds. The molecule has 21 heavy (non-hydrogen) atoms. The molecular formula is C14H11IN6. The van der Waals surface area contributed by atoms with Gasteiger partial charge in [-0.3, -0.25) is 0 Å². The first-order valence-corrected chi connectivity index (χ1v) is 7.49. The second kappa shape index (κ2) is 4.69. The van der Waals surface area contributed by atoms with Crippen molar-refractivity contribution in [3.8, 4) is 0 Å². The van der Waals surface area contributed by atoms with E-state index < -0.39 is 0 Å². The van der Waals surface area contributed by atoms with Crippen LogP contribution >= 0.6 is 22.6 Å². The summed E-state index contributed by atoms with van der Waals surface area (Å²) in [5.74, 6) is 0.467. The Labute approximate surface area is 133 Å². The van der Waals surface area contributed by atoms with Gasteiger partial charge in [0.1, 0.15) is 15.8 Å². The predicted molar refractivity (Wildman–Crippen MR) is 89.9 cm³/mol. The number of fused-ring (bicyclic) bond motifs is 2. The Morgan fingerprint density at radius 2 is 2.10 bits per heavy atom. The Morgan fingerprint density at radius 1 is 1.24 bits per heavy atom. The van der Waals surface area contributed by atoms with Gasteiger partial charge in [0, 0.05) is 17.1 Å². The van der Waals surface area contributed by atoms with Crippen molar-refractivity contribution < 1.29 is 0 Å². The second-order valence-corrected chi connectivity index (χ2v) is 5.79. The van der Waals surface area contributed by atoms with Crippen LogP contribution in [0.15, 0.2) is 36.8 Å². The molecule has 3 N–H and O–H groups in total. The molecule has 0 unspecified atom stereocenters. The Bertz CT molecular complexity index is 955. The van der Waals surface area contributed by atoms with Crippen LogP contribution < -0.4 is 5.73 Å². The van der Waals surface area contributed by atoms with E-state index in [4.69, 9.17) is 5.73 Å². The molecule has 0 bridgehead atoms. The number of nitrogens with two attached hydrogens (primary N) is 1. The average molecular weight is 390 g/mol. The Hall–Kier alpha value is -2.16. The van der Waals surface area contributed by atoms with Crippen LogP contribution in [0.4, 0.5) is 5.82 Å². The Balaban J connectivity index is 1.87. The lowest BCUT2D eigenvalue weighted by molar-refractivity contribution is 0.700. The first-order chi connectivity index (χ1) is 10.2. The summed E-state index contributed by atoms with van der Waals surface area (Å²) in [6, 6.07) is 8.21. The number of hydrogen-bond donors (Lipinski definition) is 2. The number of hydrogen-bond acceptors (Lipinski definition) is 4. The molecule has 0 saturated heterocycles. The van der Waals surface area contributed by atoms with E-state index in [9.17, 15) is 0 Å². The summed E-state index contributed by atoms with van der Waals surface area (Å²) in [7, 11) is 0. The topological polar surface area (TPSA) is 85.4 Å². The number of aromatic nitrogens is 5. The predicted octanol–water partition coefficient (Wildman–Crippen LogP) is 2.54. The number of anilines is 1. The first-order valence-electron chi connectivity index (χ1n) is 6.41. The van der Waals surface area contributed by atoms with Crippen molar-refractivity contribution in [3.05, 3.63) is 46.1 Å². The van der Waals surface area contributed by atoms with E-state index in [1.165, 1.54) is 17.3 Å². The highest BCUT2D eigenvalue weighted by Gasteiger charge is 2.14. The third kappa shape index (κ3) is 1.96. The summed E-state index contributed by atoms with van der Waals surface area (Å²) in [6.45, 7) is 0.639. The largest absolute Gasteiger partial charge is 0.383 e.